The summed E-state index contributed by atoms with van der Waals surface area (Å²) in [6.45, 7) is 7.56. The van der Waals surface area contributed by atoms with Crippen molar-refractivity contribution in [2.24, 2.45) is 0 Å². The molecule has 1 unspecified atom stereocenters. The van der Waals surface area contributed by atoms with Crippen molar-refractivity contribution in [2.45, 2.75) is 58.6 Å². The predicted octanol–water partition coefficient (Wildman–Crippen LogP) is 4.18. The standard InChI is InChI=1S/C17H23NO3/c1-5-6-10-14-15(19)12-9-7-8-11-13(12)18(14)16(20)21-17(2,3)4/h7-9,11,14H,5-6,10H2,1-4H3. The first kappa shape index (κ1) is 15.5. The first-order chi connectivity index (χ1) is 9.85. The van der Waals surface area contributed by atoms with Gasteiger partial charge in [0, 0.05) is 5.56 Å². The molecule has 0 spiro atoms. The Bertz CT molecular complexity index is 545. The van der Waals surface area contributed by atoms with Gasteiger partial charge < -0.3 is 4.74 Å². The van der Waals surface area contributed by atoms with Crippen LogP contribution in [0, 0.1) is 0 Å². The van der Waals surface area contributed by atoms with Crippen LogP contribution in [-0.2, 0) is 4.74 Å². The Morgan fingerprint density at radius 3 is 2.57 bits per heavy atom. The van der Waals surface area contributed by atoms with E-state index < -0.39 is 17.7 Å². The summed E-state index contributed by atoms with van der Waals surface area (Å²) in [6, 6.07) is 6.82. The van der Waals surface area contributed by atoms with Gasteiger partial charge in [-0.2, -0.15) is 0 Å². The zero-order valence-electron chi connectivity index (χ0n) is 13.2. The van der Waals surface area contributed by atoms with E-state index in [1.807, 2.05) is 39.0 Å². The van der Waals surface area contributed by atoms with Crippen LogP contribution in [0.4, 0.5) is 10.5 Å². The van der Waals surface area contributed by atoms with Crippen LogP contribution < -0.4 is 4.90 Å². The normalized spacial score (nSPS) is 17.8. The number of ketones is 1. The third kappa shape index (κ3) is 3.26. The van der Waals surface area contributed by atoms with E-state index in [2.05, 4.69) is 6.92 Å². The molecule has 4 nitrogen and oxygen atoms in total. The number of anilines is 1. The molecule has 0 aliphatic carbocycles. The third-order valence-electron chi connectivity index (χ3n) is 3.46. The van der Waals surface area contributed by atoms with Gasteiger partial charge in [-0.1, -0.05) is 31.9 Å². The summed E-state index contributed by atoms with van der Waals surface area (Å²) in [6.07, 6.45) is 2.12. The van der Waals surface area contributed by atoms with Crippen LogP contribution in [0.5, 0.6) is 0 Å². The molecule has 21 heavy (non-hydrogen) atoms. The minimum atomic E-state index is -0.576. The number of ether oxygens (including phenoxy) is 1. The monoisotopic (exact) mass is 289 g/mol. The molecule has 1 aliphatic heterocycles. The van der Waals surface area contributed by atoms with Crippen molar-refractivity contribution in [1.82, 2.24) is 0 Å². The van der Waals surface area contributed by atoms with Gasteiger partial charge in [-0.15, -0.1) is 0 Å². The Morgan fingerprint density at radius 1 is 1.29 bits per heavy atom. The van der Waals surface area contributed by atoms with Crippen molar-refractivity contribution in [3.63, 3.8) is 0 Å². The van der Waals surface area contributed by atoms with Crippen LogP contribution in [0.2, 0.25) is 0 Å². The molecule has 1 aromatic rings. The molecule has 0 saturated carbocycles. The van der Waals surface area contributed by atoms with E-state index in [0.29, 0.717) is 17.7 Å². The summed E-state index contributed by atoms with van der Waals surface area (Å²) in [7, 11) is 0. The number of para-hydroxylation sites is 1. The van der Waals surface area contributed by atoms with Gasteiger partial charge in [0.2, 0.25) is 0 Å². The second-order valence-electron chi connectivity index (χ2n) is 6.39. The molecule has 0 N–H and O–H groups in total. The molecule has 0 radical (unpaired) electrons. The van der Waals surface area contributed by atoms with Crippen molar-refractivity contribution >= 4 is 17.6 Å². The SMILES string of the molecule is CCCCC1C(=O)c2ccccc2N1C(=O)OC(C)(C)C. The van der Waals surface area contributed by atoms with Crippen LogP contribution in [0.1, 0.15) is 57.3 Å². The van der Waals surface area contributed by atoms with Gasteiger partial charge >= 0.3 is 6.09 Å². The predicted molar refractivity (Wildman–Crippen MR) is 82.8 cm³/mol. The fourth-order valence-corrected chi connectivity index (χ4v) is 2.55. The van der Waals surface area contributed by atoms with Crippen molar-refractivity contribution in [3.8, 4) is 0 Å². The summed E-state index contributed by atoms with van der Waals surface area (Å²) in [5.41, 5.74) is 0.704. The molecule has 2 rings (SSSR count). The highest BCUT2D eigenvalue weighted by Crippen LogP contribution is 2.35. The Kier molecular flexibility index (Phi) is 4.35. The molecule has 0 bridgehead atoms. The smallest absolute Gasteiger partial charge is 0.415 e. The van der Waals surface area contributed by atoms with E-state index in [1.165, 1.54) is 4.90 Å². The van der Waals surface area contributed by atoms with Crippen LogP contribution in [-0.4, -0.2) is 23.5 Å². The van der Waals surface area contributed by atoms with Crippen LogP contribution in [0.15, 0.2) is 24.3 Å². The number of Topliss-reactive ketones (excluding diaryl/α,β-unsaturated/α-hetero) is 1. The molecular weight excluding hydrogens is 266 g/mol. The third-order valence-corrected chi connectivity index (χ3v) is 3.46. The number of hydrogen-bond acceptors (Lipinski definition) is 3. The lowest BCUT2D eigenvalue weighted by molar-refractivity contribution is 0.0559. The lowest BCUT2D eigenvalue weighted by atomic mass is 10.0. The topological polar surface area (TPSA) is 46.6 Å². The minimum absolute atomic E-state index is 0.0184. The zero-order valence-corrected chi connectivity index (χ0v) is 13.2. The molecule has 4 heteroatoms. The summed E-state index contributed by atoms with van der Waals surface area (Å²) >= 11 is 0. The lowest BCUT2D eigenvalue weighted by Gasteiger charge is -2.28. The van der Waals surface area contributed by atoms with Gasteiger partial charge in [0.05, 0.1) is 5.69 Å². The number of nitrogens with zero attached hydrogens (tertiary/aromatic N) is 1. The average Bonchev–Trinajstić information content (AvgIpc) is 2.68. The van der Waals surface area contributed by atoms with Gasteiger partial charge in [-0.25, -0.2) is 4.79 Å². The van der Waals surface area contributed by atoms with E-state index in [1.54, 1.807) is 6.07 Å². The number of benzene rings is 1. The first-order valence-electron chi connectivity index (χ1n) is 7.50. The molecule has 1 amide bonds. The fourth-order valence-electron chi connectivity index (χ4n) is 2.55. The van der Waals surface area contributed by atoms with Gasteiger partial charge in [0.25, 0.3) is 0 Å². The van der Waals surface area contributed by atoms with Gasteiger partial charge in [-0.3, -0.25) is 9.69 Å². The molecule has 1 heterocycles. The Hall–Kier alpha value is -1.84. The molecule has 1 atom stereocenters. The number of fused-ring (bicyclic) bond motifs is 1. The van der Waals surface area contributed by atoms with Gasteiger partial charge in [-0.05, 0) is 39.3 Å². The molecule has 0 aromatic heterocycles. The Morgan fingerprint density at radius 2 is 1.95 bits per heavy atom. The molecule has 1 aromatic carbocycles. The van der Waals surface area contributed by atoms with Crippen molar-refractivity contribution in [1.29, 1.82) is 0 Å². The van der Waals surface area contributed by atoms with Crippen molar-refractivity contribution < 1.29 is 14.3 Å². The molecule has 0 saturated heterocycles. The van der Waals surface area contributed by atoms with E-state index in [-0.39, 0.29) is 5.78 Å². The van der Waals surface area contributed by atoms with Gasteiger partial charge in [0.15, 0.2) is 5.78 Å². The average molecular weight is 289 g/mol. The minimum Gasteiger partial charge on any atom is -0.443 e. The molecular formula is C17H23NO3. The zero-order chi connectivity index (χ0) is 15.6. The largest absolute Gasteiger partial charge is 0.443 e. The van der Waals surface area contributed by atoms with E-state index in [4.69, 9.17) is 4.74 Å². The highest BCUT2D eigenvalue weighted by Gasteiger charge is 2.41. The number of carbonyl (C=O) groups is 2. The van der Waals surface area contributed by atoms with Crippen molar-refractivity contribution in [3.05, 3.63) is 29.8 Å². The summed E-state index contributed by atoms with van der Waals surface area (Å²) < 4.78 is 5.47. The van der Waals surface area contributed by atoms with Crippen molar-refractivity contribution in [2.75, 3.05) is 4.90 Å². The highest BCUT2D eigenvalue weighted by molar-refractivity contribution is 6.16. The summed E-state index contributed by atoms with van der Waals surface area (Å²) in [4.78, 5) is 26.6. The maximum Gasteiger partial charge on any atom is 0.415 e. The Labute approximate surface area is 126 Å². The lowest BCUT2D eigenvalue weighted by Crippen LogP contribution is -2.43. The number of hydrogen-bond donors (Lipinski definition) is 0. The van der Waals surface area contributed by atoms with E-state index >= 15 is 0 Å². The second-order valence-corrected chi connectivity index (χ2v) is 6.39. The number of unbranched alkanes of at least 4 members (excludes halogenated alkanes) is 1. The van der Waals surface area contributed by atoms with E-state index in [9.17, 15) is 9.59 Å². The highest BCUT2D eigenvalue weighted by atomic mass is 16.6. The van der Waals surface area contributed by atoms with Gasteiger partial charge in [0.1, 0.15) is 11.6 Å². The summed E-state index contributed by atoms with van der Waals surface area (Å²) in [5, 5.41) is 0. The number of carbonyl (C=O) groups excluding carboxylic acids is 2. The molecule has 114 valence electrons. The maximum atomic E-state index is 12.5. The van der Waals surface area contributed by atoms with Crippen LogP contribution in [0.25, 0.3) is 0 Å². The quantitative estimate of drug-likeness (QED) is 0.838. The second kappa shape index (κ2) is 5.88. The fraction of sp³-hybridized carbons (Fsp3) is 0.529. The molecule has 0 fully saturated rings. The number of amides is 1. The van der Waals surface area contributed by atoms with Crippen LogP contribution in [0.3, 0.4) is 0 Å². The number of rotatable bonds is 3. The maximum absolute atomic E-state index is 12.5. The summed E-state index contributed by atoms with van der Waals surface area (Å²) in [5.74, 6) is 0.0184. The first-order valence-corrected chi connectivity index (χ1v) is 7.50. The van der Waals surface area contributed by atoms with Crippen LogP contribution >= 0.6 is 0 Å². The molecule has 1 aliphatic rings. The Balaban J connectivity index is 2.33. The van der Waals surface area contributed by atoms with E-state index in [0.717, 1.165) is 12.8 Å².